The van der Waals surface area contributed by atoms with E-state index in [4.69, 9.17) is 0 Å². The van der Waals surface area contributed by atoms with E-state index in [9.17, 15) is 4.79 Å². The third kappa shape index (κ3) is 2.58. The lowest BCUT2D eigenvalue weighted by Crippen LogP contribution is -2.00. The normalized spacial score (nSPS) is 12.5. The van der Waals surface area contributed by atoms with Crippen molar-refractivity contribution in [3.05, 3.63) is 11.6 Å². The molecule has 0 atom stereocenters. The van der Waals surface area contributed by atoms with E-state index in [-0.39, 0.29) is 5.78 Å². The lowest BCUT2D eigenvalue weighted by atomic mass is 10.1. The van der Waals surface area contributed by atoms with E-state index in [2.05, 4.69) is 4.99 Å². The predicted octanol–water partition coefficient (Wildman–Crippen LogP) is 1.61. The highest BCUT2D eigenvalue weighted by Crippen LogP contribution is 1.95. The third-order valence-electron chi connectivity index (χ3n) is 1.22. The van der Waals surface area contributed by atoms with Gasteiger partial charge >= 0.3 is 0 Å². The van der Waals surface area contributed by atoms with Crippen molar-refractivity contribution in [3.63, 3.8) is 0 Å². The number of aliphatic imine (C=N–C) groups is 1. The Kier molecular flexibility index (Phi) is 4.46. The van der Waals surface area contributed by atoms with Crippen molar-refractivity contribution >= 4 is 12.0 Å². The monoisotopic (exact) mass is 139 g/mol. The van der Waals surface area contributed by atoms with Gasteiger partial charge in [0.2, 0.25) is 0 Å². The van der Waals surface area contributed by atoms with Gasteiger partial charge in [-0.3, -0.25) is 9.79 Å². The predicted molar refractivity (Wildman–Crippen MR) is 43.5 cm³/mol. The van der Waals surface area contributed by atoms with Crippen LogP contribution < -0.4 is 0 Å². The van der Waals surface area contributed by atoms with Crippen LogP contribution in [0.4, 0.5) is 0 Å². The molecule has 0 aliphatic carbocycles. The summed E-state index contributed by atoms with van der Waals surface area (Å²) in [6.45, 7) is 3.68. The first kappa shape index (κ1) is 9.08. The lowest BCUT2D eigenvalue weighted by Gasteiger charge is -1.93. The molecule has 0 aliphatic heterocycles. The topological polar surface area (TPSA) is 29.4 Å². The first-order valence-electron chi connectivity index (χ1n) is 3.37. The largest absolute Gasteiger partial charge is 0.296 e. The molecule has 10 heavy (non-hydrogen) atoms. The van der Waals surface area contributed by atoms with Crippen LogP contribution in [0.5, 0.6) is 0 Å². The van der Waals surface area contributed by atoms with Crippen molar-refractivity contribution < 1.29 is 4.79 Å². The summed E-state index contributed by atoms with van der Waals surface area (Å²) in [5.41, 5.74) is 0.699. The number of allylic oxidation sites excluding steroid dienone is 2. The van der Waals surface area contributed by atoms with E-state index in [1.54, 1.807) is 19.3 Å². The zero-order valence-electron chi connectivity index (χ0n) is 6.72. The van der Waals surface area contributed by atoms with Crippen molar-refractivity contribution in [1.82, 2.24) is 0 Å². The molecule has 0 N–H and O–H groups in total. The zero-order valence-corrected chi connectivity index (χ0v) is 6.72. The number of nitrogens with zero attached hydrogens (tertiary/aromatic N) is 1. The summed E-state index contributed by atoms with van der Waals surface area (Å²) in [5.74, 6) is 0.146. The molecule has 0 aromatic heterocycles. The maximum absolute atomic E-state index is 11.0. The van der Waals surface area contributed by atoms with Crippen LogP contribution in [-0.4, -0.2) is 19.0 Å². The number of ketones is 1. The maximum Gasteiger partial charge on any atom is 0.163 e. The van der Waals surface area contributed by atoms with Crippen LogP contribution in [0, 0.1) is 0 Å². The van der Waals surface area contributed by atoms with Gasteiger partial charge in [0.15, 0.2) is 5.78 Å². The Hall–Kier alpha value is -0.920. The van der Waals surface area contributed by atoms with Crippen LogP contribution in [-0.2, 0) is 4.79 Å². The summed E-state index contributed by atoms with van der Waals surface area (Å²) >= 11 is 0. The van der Waals surface area contributed by atoms with Crippen molar-refractivity contribution in [2.45, 2.75) is 20.3 Å². The summed E-state index contributed by atoms with van der Waals surface area (Å²) in [6, 6.07) is 0. The van der Waals surface area contributed by atoms with Crippen LogP contribution in [0.2, 0.25) is 0 Å². The maximum atomic E-state index is 11.0. The second kappa shape index (κ2) is 4.91. The Morgan fingerprint density at radius 1 is 1.60 bits per heavy atom. The van der Waals surface area contributed by atoms with Crippen LogP contribution in [0.25, 0.3) is 0 Å². The van der Waals surface area contributed by atoms with Gasteiger partial charge in [-0.15, -0.1) is 0 Å². The van der Waals surface area contributed by atoms with Gasteiger partial charge in [0.1, 0.15) is 0 Å². The van der Waals surface area contributed by atoms with E-state index in [1.807, 2.05) is 13.8 Å². The number of carbonyl (C=O) groups excluding carboxylic acids is 1. The van der Waals surface area contributed by atoms with Gasteiger partial charge in [-0.05, 0) is 6.92 Å². The average molecular weight is 139 g/mol. The minimum absolute atomic E-state index is 0.146. The molecule has 0 unspecified atom stereocenters. The molecule has 0 spiro atoms. The van der Waals surface area contributed by atoms with E-state index in [1.165, 1.54) is 0 Å². The van der Waals surface area contributed by atoms with Crippen molar-refractivity contribution in [3.8, 4) is 0 Å². The first-order valence-corrected chi connectivity index (χ1v) is 3.37. The smallest absolute Gasteiger partial charge is 0.163 e. The molecular formula is C8H13NO. The number of Topliss-reactive ketones (excluding diaryl/α,β-unsaturated/α-hetero) is 1. The van der Waals surface area contributed by atoms with Gasteiger partial charge < -0.3 is 0 Å². The Balaban J connectivity index is 4.23. The summed E-state index contributed by atoms with van der Waals surface area (Å²) < 4.78 is 0. The molecule has 2 heteroatoms. The summed E-state index contributed by atoms with van der Waals surface area (Å²) in [4.78, 5) is 14.7. The molecule has 0 aromatic rings. The molecule has 0 fully saturated rings. The fourth-order valence-electron chi connectivity index (χ4n) is 0.651. The van der Waals surface area contributed by atoms with Gasteiger partial charge in [-0.25, -0.2) is 0 Å². The van der Waals surface area contributed by atoms with Crippen LogP contribution >= 0.6 is 0 Å². The van der Waals surface area contributed by atoms with Crippen molar-refractivity contribution in [1.29, 1.82) is 0 Å². The van der Waals surface area contributed by atoms with E-state index in [0.717, 1.165) is 0 Å². The minimum Gasteiger partial charge on any atom is -0.296 e. The lowest BCUT2D eigenvalue weighted by molar-refractivity contribution is -0.114. The molecule has 0 bridgehead atoms. The summed E-state index contributed by atoms with van der Waals surface area (Å²) in [6.07, 6.45) is 3.91. The Morgan fingerprint density at radius 3 is 2.50 bits per heavy atom. The molecule has 0 heterocycles. The molecule has 0 radical (unpaired) electrons. The molecular weight excluding hydrogens is 126 g/mol. The van der Waals surface area contributed by atoms with Crippen molar-refractivity contribution in [2.24, 2.45) is 4.99 Å². The Labute approximate surface area is 61.7 Å². The molecule has 0 saturated carbocycles. The van der Waals surface area contributed by atoms with Gasteiger partial charge in [0, 0.05) is 25.3 Å². The molecule has 0 saturated heterocycles. The van der Waals surface area contributed by atoms with Gasteiger partial charge in [0.05, 0.1) is 0 Å². The van der Waals surface area contributed by atoms with Crippen LogP contribution in [0.15, 0.2) is 16.6 Å². The van der Waals surface area contributed by atoms with Gasteiger partial charge in [-0.1, -0.05) is 13.0 Å². The minimum atomic E-state index is 0.146. The Morgan fingerprint density at radius 2 is 2.20 bits per heavy atom. The SMILES string of the molecule is C/C=C(\C=NC)C(=O)CC. The zero-order chi connectivity index (χ0) is 7.98. The van der Waals surface area contributed by atoms with Crippen LogP contribution in [0.1, 0.15) is 20.3 Å². The highest BCUT2D eigenvalue weighted by molar-refractivity contribution is 6.12. The summed E-state index contributed by atoms with van der Waals surface area (Å²) in [5, 5.41) is 0. The standard InChI is InChI=1S/C8H13NO/c1-4-7(6-9-3)8(10)5-2/h4,6H,5H2,1-3H3/b7-4+,9-6?. The molecule has 0 aromatic carbocycles. The van der Waals surface area contributed by atoms with Gasteiger partial charge in [0.25, 0.3) is 0 Å². The number of carbonyl (C=O) groups is 1. The van der Waals surface area contributed by atoms with Crippen molar-refractivity contribution in [2.75, 3.05) is 7.05 Å². The van der Waals surface area contributed by atoms with E-state index in [0.29, 0.717) is 12.0 Å². The Bertz CT molecular complexity index is 168. The number of hydrogen-bond donors (Lipinski definition) is 0. The fourth-order valence-corrected chi connectivity index (χ4v) is 0.651. The molecule has 2 nitrogen and oxygen atoms in total. The first-order chi connectivity index (χ1) is 4.76. The fraction of sp³-hybridized carbons (Fsp3) is 0.500. The third-order valence-corrected chi connectivity index (χ3v) is 1.22. The number of rotatable bonds is 3. The second-order valence-corrected chi connectivity index (χ2v) is 1.91. The summed E-state index contributed by atoms with van der Waals surface area (Å²) in [7, 11) is 1.66. The van der Waals surface area contributed by atoms with Gasteiger partial charge in [-0.2, -0.15) is 0 Å². The van der Waals surface area contributed by atoms with Crippen LogP contribution in [0.3, 0.4) is 0 Å². The molecule has 56 valence electrons. The van der Waals surface area contributed by atoms with E-state index < -0.39 is 0 Å². The molecule has 0 rings (SSSR count). The highest BCUT2D eigenvalue weighted by Gasteiger charge is 2.00. The quantitative estimate of drug-likeness (QED) is 0.431. The second-order valence-electron chi connectivity index (χ2n) is 1.91. The molecule has 0 amide bonds. The van der Waals surface area contributed by atoms with E-state index >= 15 is 0 Å². The molecule has 0 aliphatic rings. The highest BCUT2D eigenvalue weighted by atomic mass is 16.1. The average Bonchev–Trinajstić information content (AvgIpc) is 1.99. The number of hydrogen-bond acceptors (Lipinski definition) is 2.